The van der Waals surface area contributed by atoms with Gasteiger partial charge in [0.25, 0.3) is 5.91 Å². The zero-order valence-electron chi connectivity index (χ0n) is 17.0. The van der Waals surface area contributed by atoms with Crippen LogP contribution in [0.1, 0.15) is 41.7 Å². The quantitative estimate of drug-likeness (QED) is 0.628. The molecule has 1 heterocycles. The Balaban J connectivity index is 1.40. The summed E-state index contributed by atoms with van der Waals surface area (Å²) in [4.78, 5) is 27.5. The van der Waals surface area contributed by atoms with E-state index < -0.39 is 0 Å². The van der Waals surface area contributed by atoms with Crippen LogP contribution in [-0.2, 0) is 4.79 Å². The molecule has 1 aliphatic heterocycles. The molecule has 0 aromatic heterocycles. The second kappa shape index (κ2) is 8.88. The molecule has 0 saturated carbocycles. The van der Waals surface area contributed by atoms with Crippen molar-refractivity contribution in [2.75, 3.05) is 13.1 Å². The van der Waals surface area contributed by atoms with Crippen molar-refractivity contribution in [2.45, 2.75) is 25.8 Å². The van der Waals surface area contributed by atoms with Crippen LogP contribution in [0.5, 0.6) is 0 Å². The van der Waals surface area contributed by atoms with Gasteiger partial charge in [-0.05, 0) is 66.4 Å². The summed E-state index contributed by atoms with van der Waals surface area (Å²) < 4.78 is 0. The van der Waals surface area contributed by atoms with E-state index in [4.69, 9.17) is 11.6 Å². The van der Waals surface area contributed by atoms with Crippen LogP contribution in [0.2, 0.25) is 5.02 Å². The van der Waals surface area contributed by atoms with Gasteiger partial charge in [0.05, 0.1) is 12.0 Å². The highest BCUT2D eigenvalue weighted by atomic mass is 35.5. The van der Waals surface area contributed by atoms with E-state index in [-0.39, 0.29) is 23.8 Å². The first-order chi connectivity index (χ1) is 14.5. The summed E-state index contributed by atoms with van der Waals surface area (Å²) >= 11 is 5.92. The maximum atomic E-state index is 12.9. The first-order valence-electron chi connectivity index (χ1n) is 10.3. The lowest BCUT2D eigenvalue weighted by molar-refractivity contribution is -0.127. The molecule has 0 radical (unpaired) electrons. The van der Waals surface area contributed by atoms with Crippen LogP contribution in [-0.4, -0.2) is 29.8 Å². The molecule has 1 aliphatic rings. The van der Waals surface area contributed by atoms with Crippen molar-refractivity contribution in [3.05, 3.63) is 82.9 Å². The van der Waals surface area contributed by atoms with Crippen molar-refractivity contribution in [1.29, 1.82) is 0 Å². The maximum Gasteiger partial charge on any atom is 0.253 e. The number of nitrogens with one attached hydrogen (secondary N) is 1. The van der Waals surface area contributed by atoms with Gasteiger partial charge in [0, 0.05) is 23.7 Å². The molecule has 1 N–H and O–H groups in total. The lowest BCUT2D eigenvalue weighted by Gasteiger charge is -2.32. The standard InChI is InChI=1S/C25H25ClN2O2/c1-17(20-9-8-18-5-2-3-6-21(18)15-20)27-24(29)22-7-4-14-28(16-22)25(30)19-10-12-23(26)13-11-19/h2-3,5-6,8-13,15,17,22H,4,7,14,16H2,1H3,(H,27,29). The summed E-state index contributed by atoms with van der Waals surface area (Å²) in [7, 11) is 0. The predicted molar refractivity (Wildman–Crippen MR) is 121 cm³/mol. The van der Waals surface area contributed by atoms with Crippen LogP contribution in [0.15, 0.2) is 66.7 Å². The highest BCUT2D eigenvalue weighted by molar-refractivity contribution is 6.30. The average Bonchev–Trinajstić information content (AvgIpc) is 2.78. The number of rotatable bonds is 4. The van der Waals surface area contributed by atoms with Crippen molar-refractivity contribution < 1.29 is 9.59 Å². The molecule has 4 rings (SSSR count). The molecule has 154 valence electrons. The third-order valence-electron chi connectivity index (χ3n) is 5.80. The van der Waals surface area contributed by atoms with E-state index in [0.717, 1.165) is 23.8 Å². The van der Waals surface area contributed by atoms with E-state index in [9.17, 15) is 9.59 Å². The molecule has 0 aliphatic carbocycles. The third kappa shape index (κ3) is 4.49. The van der Waals surface area contributed by atoms with Crippen molar-refractivity contribution in [1.82, 2.24) is 10.2 Å². The van der Waals surface area contributed by atoms with E-state index in [1.807, 2.05) is 19.1 Å². The Morgan fingerprint density at radius 2 is 1.77 bits per heavy atom. The fraction of sp³-hybridized carbons (Fsp3) is 0.280. The predicted octanol–water partition coefficient (Wildman–Crippen LogP) is 5.22. The van der Waals surface area contributed by atoms with Crippen LogP contribution in [0.4, 0.5) is 0 Å². The van der Waals surface area contributed by atoms with Crippen molar-refractivity contribution in [3.8, 4) is 0 Å². The largest absolute Gasteiger partial charge is 0.349 e. The van der Waals surface area contributed by atoms with E-state index in [2.05, 4.69) is 35.6 Å². The Morgan fingerprint density at radius 1 is 1.03 bits per heavy atom. The Hall–Kier alpha value is -2.85. The second-order valence-electron chi connectivity index (χ2n) is 7.93. The number of fused-ring (bicyclic) bond motifs is 1. The molecule has 0 spiro atoms. The summed E-state index contributed by atoms with van der Waals surface area (Å²) in [5, 5.41) is 6.09. The Kier molecular flexibility index (Phi) is 6.05. The van der Waals surface area contributed by atoms with Gasteiger partial charge in [-0.1, -0.05) is 48.0 Å². The number of hydrogen-bond acceptors (Lipinski definition) is 2. The normalized spacial score (nSPS) is 17.5. The first-order valence-corrected chi connectivity index (χ1v) is 10.7. The molecule has 0 bridgehead atoms. The van der Waals surface area contributed by atoms with Gasteiger partial charge in [0.1, 0.15) is 0 Å². The Bertz CT molecular complexity index is 1060. The highest BCUT2D eigenvalue weighted by Crippen LogP contribution is 2.23. The van der Waals surface area contributed by atoms with Crippen molar-refractivity contribution in [2.24, 2.45) is 5.92 Å². The van der Waals surface area contributed by atoms with Crippen LogP contribution >= 0.6 is 11.6 Å². The van der Waals surface area contributed by atoms with Gasteiger partial charge in [-0.25, -0.2) is 0 Å². The van der Waals surface area contributed by atoms with Gasteiger partial charge in [-0.3, -0.25) is 9.59 Å². The second-order valence-corrected chi connectivity index (χ2v) is 8.37. The molecule has 30 heavy (non-hydrogen) atoms. The van der Waals surface area contributed by atoms with Crippen LogP contribution in [0.25, 0.3) is 10.8 Å². The van der Waals surface area contributed by atoms with E-state index >= 15 is 0 Å². The molecule has 1 fully saturated rings. The van der Waals surface area contributed by atoms with E-state index in [0.29, 0.717) is 23.7 Å². The monoisotopic (exact) mass is 420 g/mol. The minimum absolute atomic E-state index is 0.00395. The number of amides is 2. The lowest BCUT2D eigenvalue weighted by atomic mass is 9.95. The fourth-order valence-electron chi connectivity index (χ4n) is 4.04. The van der Waals surface area contributed by atoms with Crippen molar-refractivity contribution in [3.63, 3.8) is 0 Å². The lowest BCUT2D eigenvalue weighted by Crippen LogP contribution is -2.45. The molecular formula is C25H25ClN2O2. The SMILES string of the molecule is CC(NC(=O)C1CCCN(C(=O)c2ccc(Cl)cc2)C1)c1ccc2ccccc2c1. The molecule has 2 unspecified atom stereocenters. The van der Waals surface area contributed by atoms with Crippen molar-refractivity contribution >= 4 is 34.2 Å². The minimum atomic E-state index is -0.196. The first kappa shape index (κ1) is 20.4. The van der Waals surface area contributed by atoms with Gasteiger partial charge < -0.3 is 10.2 Å². The van der Waals surface area contributed by atoms with Gasteiger partial charge >= 0.3 is 0 Å². The Morgan fingerprint density at radius 3 is 2.53 bits per heavy atom. The number of nitrogens with zero attached hydrogens (tertiary/aromatic N) is 1. The molecule has 3 aromatic rings. The zero-order chi connectivity index (χ0) is 21.1. The summed E-state index contributed by atoms with van der Waals surface area (Å²) in [6.45, 7) is 3.12. The number of halogens is 1. The molecule has 1 saturated heterocycles. The summed E-state index contributed by atoms with van der Waals surface area (Å²) in [5.41, 5.74) is 1.68. The van der Waals surface area contributed by atoms with Crippen LogP contribution < -0.4 is 5.32 Å². The van der Waals surface area contributed by atoms with Gasteiger partial charge in [0.15, 0.2) is 0 Å². The minimum Gasteiger partial charge on any atom is -0.349 e. The maximum absolute atomic E-state index is 12.9. The van der Waals surface area contributed by atoms with Crippen LogP contribution in [0.3, 0.4) is 0 Å². The highest BCUT2D eigenvalue weighted by Gasteiger charge is 2.29. The number of carbonyl (C=O) groups is 2. The third-order valence-corrected chi connectivity index (χ3v) is 6.05. The van der Waals surface area contributed by atoms with E-state index in [1.54, 1.807) is 29.2 Å². The number of likely N-dealkylation sites (tertiary alicyclic amines) is 1. The molecule has 3 aromatic carbocycles. The molecular weight excluding hydrogens is 396 g/mol. The number of carbonyl (C=O) groups excluding carboxylic acids is 2. The molecule has 5 heteroatoms. The molecule has 2 amide bonds. The van der Waals surface area contributed by atoms with Gasteiger partial charge in [0.2, 0.25) is 5.91 Å². The summed E-state index contributed by atoms with van der Waals surface area (Å²) in [6, 6.07) is 21.3. The summed E-state index contributed by atoms with van der Waals surface area (Å²) in [6.07, 6.45) is 1.61. The number of piperidine rings is 1. The van der Waals surface area contributed by atoms with Gasteiger partial charge in [-0.2, -0.15) is 0 Å². The number of hydrogen-bond donors (Lipinski definition) is 1. The average molecular weight is 421 g/mol. The van der Waals surface area contributed by atoms with Gasteiger partial charge in [-0.15, -0.1) is 0 Å². The van der Waals surface area contributed by atoms with Crippen LogP contribution in [0, 0.1) is 5.92 Å². The Labute approximate surface area is 181 Å². The number of benzene rings is 3. The fourth-order valence-corrected chi connectivity index (χ4v) is 4.17. The zero-order valence-corrected chi connectivity index (χ0v) is 17.7. The smallest absolute Gasteiger partial charge is 0.253 e. The molecule has 2 atom stereocenters. The van der Waals surface area contributed by atoms with E-state index in [1.165, 1.54) is 5.39 Å². The summed E-state index contributed by atoms with van der Waals surface area (Å²) in [5.74, 6) is -0.242. The molecule has 4 nitrogen and oxygen atoms in total. The topological polar surface area (TPSA) is 49.4 Å².